The molecule has 1 amide bonds. The summed E-state index contributed by atoms with van der Waals surface area (Å²) in [7, 11) is 0. The minimum absolute atomic E-state index is 0.414. The number of hydrogen-bond donors (Lipinski definition) is 2. The summed E-state index contributed by atoms with van der Waals surface area (Å²) < 4.78 is 37.6. The van der Waals surface area contributed by atoms with E-state index in [-0.39, 0.29) is 0 Å². The van der Waals surface area contributed by atoms with Gasteiger partial charge in [0.05, 0.1) is 11.8 Å². The van der Waals surface area contributed by atoms with E-state index in [2.05, 4.69) is 10.4 Å². The number of rotatable bonds is 2. The number of carbonyl (C=O) groups excluding carboxylic acids is 1. The number of halogens is 3. The van der Waals surface area contributed by atoms with Gasteiger partial charge in [0.2, 0.25) is 0 Å². The Morgan fingerprint density at radius 3 is 2.50 bits per heavy atom. The Hall–Kier alpha value is -2.31. The highest BCUT2D eigenvalue weighted by Crippen LogP contribution is 2.30. The second-order valence-electron chi connectivity index (χ2n) is 3.48. The number of aromatic amines is 1. The minimum Gasteiger partial charge on any atom is -0.322 e. The average Bonchev–Trinajstić information content (AvgIpc) is 2.79. The molecule has 0 unspecified atom stereocenters. The van der Waals surface area contributed by atoms with Gasteiger partial charge in [0.1, 0.15) is 0 Å². The molecular formula is C11H8F3N3O. The molecule has 1 aromatic carbocycles. The topological polar surface area (TPSA) is 57.8 Å². The summed E-state index contributed by atoms with van der Waals surface area (Å²) in [5, 5.41) is 7.38. The molecular weight excluding hydrogens is 247 g/mol. The second-order valence-corrected chi connectivity index (χ2v) is 3.48. The lowest BCUT2D eigenvalue weighted by atomic mass is 10.2. The molecule has 0 aliphatic carbocycles. The molecule has 0 aliphatic heterocycles. The van der Waals surface area contributed by atoms with Gasteiger partial charge in [-0.3, -0.25) is 9.89 Å². The average molecular weight is 255 g/mol. The van der Waals surface area contributed by atoms with E-state index in [9.17, 15) is 18.0 Å². The Balaban J connectivity index is 2.23. The van der Waals surface area contributed by atoms with Crippen LogP contribution in [0, 0.1) is 0 Å². The third-order valence-corrected chi connectivity index (χ3v) is 2.20. The van der Waals surface area contributed by atoms with Crippen LogP contribution in [-0.2, 0) is 6.18 Å². The third kappa shape index (κ3) is 2.50. The van der Waals surface area contributed by atoms with E-state index in [0.29, 0.717) is 5.69 Å². The first-order chi connectivity index (χ1) is 8.48. The highest BCUT2D eigenvalue weighted by molar-refractivity contribution is 6.04. The second kappa shape index (κ2) is 4.52. The van der Waals surface area contributed by atoms with Crippen molar-refractivity contribution >= 4 is 11.6 Å². The van der Waals surface area contributed by atoms with Crippen LogP contribution in [0.4, 0.5) is 18.9 Å². The molecule has 2 aromatic rings. The van der Waals surface area contributed by atoms with E-state index in [1.165, 1.54) is 0 Å². The number of para-hydroxylation sites is 1. The lowest BCUT2D eigenvalue weighted by Gasteiger charge is -2.07. The number of nitrogens with one attached hydrogen (secondary N) is 2. The van der Waals surface area contributed by atoms with Gasteiger partial charge in [0.15, 0.2) is 5.69 Å². The van der Waals surface area contributed by atoms with E-state index in [0.717, 1.165) is 6.20 Å². The lowest BCUT2D eigenvalue weighted by Crippen LogP contribution is -2.17. The standard InChI is InChI=1S/C11H8F3N3O/c12-11(13,14)9-8(6-15-17-9)10(18)16-7-4-2-1-3-5-7/h1-6H,(H,15,17)(H,16,18). The van der Waals surface area contributed by atoms with Gasteiger partial charge < -0.3 is 5.32 Å². The quantitative estimate of drug-likeness (QED) is 0.866. The normalized spacial score (nSPS) is 11.3. The number of amides is 1. The number of aromatic nitrogens is 2. The zero-order chi connectivity index (χ0) is 13.2. The molecule has 0 fully saturated rings. The zero-order valence-electron chi connectivity index (χ0n) is 8.95. The van der Waals surface area contributed by atoms with Crippen LogP contribution in [0.2, 0.25) is 0 Å². The molecule has 0 atom stereocenters. The van der Waals surface area contributed by atoms with Gasteiger partial charge >= 0.3 is 6.18 Å². The van der Waals surface area contributed by atoms with Gasteiger partial charge in [-0.15, -0.1) is 0 Å². The molecule has 2 rings (SSSR count). The lowest BCUT2D eigenvalue weighted by molar-refractivity contribution is -0.141. The number of hydrogen-bond acceptors (Lipinski definition) is 2. The Kier molecular flexibility index (Phi) is 3.05. The Labute approximate surface area is 99.8 Å². The molecule has 0 saturated heterocycles. The van der Waals surface area contributed by atoms with Crippen molar-refractivity contribution in [1.82, 2.24) is 10.2 Å². The fourth-order valence-corrected chi connectivity index (χ4v) is 1.39. The molecule has 0 radical (unpaired) electrons. The first-order valence-electron chi connectivity index (χ1n) is 4.95. The number of H-pyrrole nitrogens is 1. The highest BCUT2D eigenvalue weighted by atomic mass is 19.4. The van der Waals surface area contributed by atoms with Crippen molar-refractivity contribution in [3.8, 4) is 0 Å². The van der Waals surface area contributed by atoms with E-state index < -0.39 is 23.3 Å². The van der Waals surface area contributed by atoms with Gasteiger partial charge in [-0.25, -0.2) is 0 Å². The van der Waals surface area contributed by atoms with Crippen molar-refractivity contribution in [2.75, 3.05) is 5.32 Å². The molecule has 18 heavy (non-hydrogen) atoms. The summed E-state index contributed by atoms with van der Waals surface area (Å²) in [5.41, 5.74) is -1.28. The smallest absolute Gasteiger partial charge is 0.322 e. The van der Waals surface area contributed by atoms with Crippen molar-refractivity contribution in [1.29, 1.82) is 0 Å². The van der Waals surface area contributed by atoms with Crippen LogP contribution >= 0.6 is 0 Å². The first kappa shape index (κ1) is 12.2. The molecule has 0 spiro atoms. The van der Waals surface area contributed by atoms with Crippen LogP contribution in [-0.4, -0.2) is 16.1 Å². The van der Waals surface area contributed by atoms with Gasteiger partial charge in [0.25, 0.3) is 5.91 Å². The van der Waals surface area contributed by atoms with Crippen molar-refractivity contribution < 1.29 is 18.0 Å². The maximum absolute atomic E-state index is 12.5. The molecule has 1 heterocycles. The molecule has 94 valence electrons. The van der Waals surface area contributed by atoms with Crippen molar-refractivity contribution in [2.45, 2.75) is 6.18 Å². The SMILES string of the molecule is O=C(Nc1ccccc1)c1cn[nH]c1C(F)(F)F. The molecule has 1 aromatic heterocycles. The van der Waals surface area contributed by atoms with Crippen molar-refractivity contribution in [3.63, 3.8) is 0 Å². The fraction of sp³-hybridized carbons (Fsp3) is 0.0909. The summed E-state index contributed by atoms with van der Waals surface area (Å²) in [6.45, 7) is 0. The molecule has 0 aliphatic rings. The van der Waals surface area contributed by atoms with E-state index in [1.807, 2.05) is 0 Å². The Bertz CT molecular complexity index is 548. The fourth-order valence-electron chi connectivity index (χ4n) is 1.39. The molecule has 4 nitrogen and oxygen atoms in total. The van der Waals surface area contributed by atoms with Crippen LogP contribution in [0.5, 0.6) is 0 Å². The van der Waals surface area contributed by atoms with Crippen molar-refractivity contribution in [3.05, 3.63) is 47.8 Å². The maximum atomic E-state index is 12.5. The summed E-state index contributed by atoms with van der Waals surface area (Å²) in [6, 6.07) is 8.20. The monoisotopic (exact) mass is 255 g/mol. The van der Waals surface area contributed by atoms with Gasteiger partial charge in [-0.1, -0.05) is 18.2 Å². The van der Waals surface area contributed by atoms with E-state index in [4.69, 9.17) is 0 Å². The summed E-state index contributed by atoms with van der Waals surface area (Å²) in [5.74, 6) is -0.859. The zero-order valence-corrected chi connectivity index (χ0v) is 8.95. The maximum Gasteiger partial charge on any atom is 0.433 e. The summed E-state index contributed by atoms with van der Waals surface area (Å²) in [4.78, 5) is 11.7. The Morgan fingerprint density at radius 2 is 1.89 bits per heavy atom. The molecule has 0 saturated carbocycles. The number of nitrogens with zero attached hydrogens (tertiary/aromatic N) is 1. The summed E-state index contributed by atoms with van der Waals surface area (Å²) >= 11 is 0. The van der Waals surface area contributed by atoms with Gasteiger partial charge in [0, 0.05) is 5.69 Å². The number of alkyl halides is 3. The van der Waals surface area contributed by atoms with E-state index >= 15 is 0 Å². The van der Waals surface area contributed by atoms with Crippen LogP contribution in [0.1, 0.15) is 16.1 Å². The predicted octanol–water partition coefficient (Wildman–Crippen LogP) is 2.68. The first-order valence-corrected chi connectivity index (χ1v) is 4.95. The third-order valence-electron chi connectivity index (χ3n) is 2.20. The van der Waals surface area contributed by atoms with E-state index in [1.54, 1.807) is 35.4 Å². The minimum atomic E-state index is -4.64. The number of carbonyl (C=O) groups is 1. The summed E-state index contributed by atoms with van der Waals surface area (Å²) in [6.07, 6.45) is -3.79. The molecule has 2 N–H and O–H groups in total. The van der Waals surface area contributed by atoms with Crippen LogP contribution in [0.15, 0.2) is 36.5 Å². The predicted molar refractivity (Wildman–Crippen MR) is 58.0 cm³/mol. The molecule has 7 heteroatoms. The van der Waals surface area contributed by atoms with Crippen LogP contribution < -0.4 is 5.32 Å². The van der Waals surface area contributed by atoms with Gasteiger partial charge in [-0.2, -0.15) is 18.3 Å². The highest BCUT2D eigenvalue weighted by Gasteiger charge is 2.37. The van der Waals surface area contributed by atoms with Crippen LogP contribution in [0.25, 0.3) is 0 Å². The Morgan fingerprint density at radius 1 is 1.22 bits per heavy atom. The molecule has 0 bridgehead atoms. The van der Waals surface area contributed by atoms with Crippen molar-refractivity contribution in [2.24, 2.45) is 0 Å². The number of anilines is 1. The van der Waals surface area contributed by atoms with Gasteiger partial charge in [-0.05, 0) is 12.1 Å². The largest absolute Gasteiger partial charge is 0.433 e. The number of benzene rings is 1. The van der Waals surface area contributed by atoms with Crippen LogP contribution in [0.3, 0.4) is 0 Å².